The van der Waals surface area contributed by atoms with Crippen molar-refractivity contribution in [1.82, 2.24) is 5.32 Å². The van der Waals surface area contributed by atoms with Gasteiger partial charge in [0.15, 0.2) is 0 Å². The maximum atomic E-state index is 11.7. The van der Waals surface area contributed by atoms with Gasteiger partial charge in [-0.3, -0.25) is 0 Å². The first kappa shape index (κ1) is 13.4. The number of anilines is 1. The molecule has 0 atom stereocenters. The average molecular weight is 276 g/mol. The lowest BCUT2D eigenvalue weighted by Crippen LogP contribution is -2.27. The molecule has 2 N–H and O–H groups in total. The zero-order valence-electron chi connectivity index (χ0n) is 10.7. The fourth-order valence-corrected chi connectivity index (χ4v) is 2.22. The second-order valence-corrected chi connectivity index (χ2v) is 4.68. The van der Waals surface area contributed by atoms with E-state index in [4.69, 9.17) is 4.74 Å². The summed E-state index contributed by atoms with van der Waals surface area (Å²) in [6.45, 7) is 3.10. The summed E-state index contributed by atoms with van der Waals surface area (Å²) in [5.74, 6) is 0.798. The summed E-state index contributed by atoms with van der Waals surface area (Å²) < 4.78 is 5.34. The van der Waals surface area contributed by atoms with Gasteiger partial charge in [-0.25, -0.2) is 4.79 Å². The first-order valence-electron chi connectivity index (χ1n) is 6.06. The molecule has 5 heteroatoms. The quantitative estimate of drug-likeness (QED) is 0.878. The van der Waals surface area contributed by atoms with E-state index in [2.05, 4.69) is 10.6 Å². The van der Waals surface area contributed by atoms with Crippen LogP contribution in [-0.2, 0) is 6.54 Å². The van der Waals surface area contributed by atoms with Crippen LogP contribution in [0.5, 0.6) is 5.75 Å². The lowest BCUT2D eigenvalue weighted by molar-refractivity contribution is 0.251. The molecule has 0 fully saturated rings. The van der Waals surface area contributed by atoms with Gasteiger partial charge in [0.1, 0.15) is 5.75 Å². The van der Waals surface area contributed by atoms with Crippen LogP contribution in [0.15, 0.2) is 41.1 Å². The first-order chi connectivity index (χ1) is 9.28. The molecule has 0 aliphatic carbocycles. The number of thiophene rings is 1. The smallest absolute Gasteiger partial charge is 0.319 e. The molecule has 0 saturated heterocycles. The van der Waals surface area contributed by atoms with Crippen molar-refractivity contribution < 1.29 is 9.53 Å². The number of carbonyl (C=O) groups excluding carboxylic acids is 1. The minimum atomic E-state index is -0.213. The molecule has 1 aromatic heterocycles. The van der Waals surface area contributed by atoms with Gasteiger partial charge in [-0.1, -0.05) is 0 Å². The van der Waals surface area contributed by atoms with Gasteiger partial charge < -0.3 is 15.4 Å². The van der Waals surface area contributed by atoms with Crippen molar-refractivity contribution in [2.75, 3.05) is 11.9 Å². The molecule has 19 heavy (non-hydrogen) atoms. The summed E-state index contributed by atoms with van der Waals surface area (Å²) in [4.78, 5) is 11.7. The van der Waals surface area contributed by atoms with Crippen molar-refractivity contribution >= 4 is 23.1 Å². The van der Waals surface area contributed by atoms with E-state index >= 15 is 0 Å². The fourth-order valence-electron chi connectivity index (χ4n) is 1.55. The molecule has 0 bridgehead atoms. The zero-order valence-corrected chi connectivity index (χ0v) is 11.5. The summed E-state index contributed by atoms with van der Waals surface area (Å²) in [6, 6.07) is 9.07. The third-order valence-electron chi connectivity index (χ3n) is 2.46. The van der Waals surface area contributed by atoms with Crippen LogP contribution in [0.3, 0.4) is 0 Å². The Morgan fingerprint density at radius 1 is 1.26 bits per heavy atom. The van der Waals surface area contributed by atoms with Gasteiger partial charge in [0.05, 0.1) is 6.61 Å². The molecule has 1 heterocycles. The van der Waals surface area contributed by atoms with Crippen molar-refractivity contribution in [1.29, 1.82) is 0 Å². The van der Waals surface area contributed by atoms with Gasteiger partial charge in [0.2, 0.25) is 0 Å². The van der Waals surface area contributed by atoms with E-state index < -0.39 is 0 Å². The minimum Gasteiger partial charge on any atom is -0.494 e. The van der Waals surface area contributed by atoms with Crippen LogP contribution in [0.2, 0.25) is 0 Å². The maximum absolute atomic E-state index is 11.7. The number of amides is 2. The number of urea groups is 1. The minimum absolute atomic E-state index is 0.213. The van der Waals surface area contributed by atoms with Crippen LogP contribution in [-0.4, -0.2) is 12.6 Å². The maximum Gasteiger partial charge on any atom is 0.319 e. The summed E-state index contributed by atoms with van der Waals surface area (Å²) in [5.41, 5.74) is 1.85. The van der Waals surface area contributed by atoms with Crippen molar-refractivity contribution in [3.05, 3.63) is 46.7 Å². The standard InChI is InChI=1S/C14H16N2O2S/c1-2-18-13-5-3-12(4-6-13)16-14(17)15-9-11-7-8-19-10-11/h3-8,10H,2,9H2,1H3,(H2,15,16,17). The molecule has 0 radical (unpaired) electrons. The second kappa shape index (κ2) is 6.80. The van der Waals surface area contributed by atoms with E-state index in [1.807, 2.05) is 48.0 Å². The van der Waals surface area contributed by atoms with Crippen molar-refractivity contribution in [3.63, 3.8) is 0 Å². The van der Waals surface area contributed by atoms with Gasteiger partial charge in [0.25, 0.3) is 0 Å². The van der Waals surface area contributed by atoms with E-state index in [9.17, 15) is 4.79 Å². The largest absolute Gasteiger partial charge is 0.494 e. The van der Waals surface area contributed by atoms with Crippen LogP contribution in [0.25, 0.3) is 0 Å². The Balaban J connectivity index is 1.81. The molecule has 0 aliphatic heterocycles. The molecule has 0 aliphatic rings. The lowest BCUT2D eigenvalue weighted by Gasteiger charge is -2.08. The first-order valence-corrected chi connectivity index (χ1v) is 7.01. The van der Waals surface area contributed by atoms with Crippen molar-refractivity contribution in [3.8, 4) is 5.75 Å². The van der Waals surface area contributed by atoms with E-state index in [0.717, 1.165) is 17.0 Å². The third kappa shape index (κ3) is 4.30. The van der Waals surface area contributed by atoms with Gasteiger partial charge >= 0.3 is 6.03 Å². The number of rotatable bonds is 5. The SMILES string of the molecule is CCOc1ccc(NC(=O)NCc2ccsc2)cc1. The topological polar surface area (TPSA) is 50.4 Å². The monoisotopic (exact) mass is 276 g/mol. The van der Waals surface area contributed by atoms with Gasteiger partial charge in [-0.15, -0.1) is 0 Å². The highest BCUT2D eigenvalue weighted by molar-refractivity contribution is 7.07. The molecule has 100 valence electrons. The Kier molecular flexibility index (Phi) is 4.80. The van der Waals surface area contributed by atoms with E-state index in [-0.39, 0.29) is 6.03 Å². The number of carbonyl (C=O) groups is 1. The van der Waals surface area contributed by atoms with Crippen molar-refractivity contribution in [2.45, 2.75) is 13.5 Å². The Labute approximate surface area is 116 Å². The van der Waals surface area contributed by atoms with Crippen LogP contribution < -0.4 is 15.4 Å². The van der Waals surface area contributed by atoms with Crippen LogP contribution in [0.4, 0.5) is 10.5 Å². The molecule has 2 aromatic rings. The van der Waals surface area contributed by atoms with E-state index in [1.165, 1.54) is 0 Å². The van der Waals surface area contributed by atoms with Crippen LogP contribution in [0, 0.1) is 0 Å². The number of hydrogen-bond donors (Lipinski definition) is 2. The molecule has 2 rings (SSSR count). The number of ether oxygens (including phenoxy) is 1. The molecule has 4 nitrogen and oxygen atoms in total. The van der Waals surface area contributed by atoms with Gasteiger partial charge in [0, 0.05) is 12.2 Å². The second-order valence-electron chi connectivity index (χ2n) is 3.90. The van der Waals surface area contributed by atoms with Crippen LogP contribution in [0.1, 0.15) is 12.5 Å². The summed E-state index contributed by atoms with van der Waals surface area (Å²) in [5, 5.41) is 9.57. The Hall–Kier alpha value is -2.01. The van der Waals surface area contributed by atoms with Crippen molar-refractivity contribution in [2.24, 2.45) is 0 Å². The summed E-state index contributed by atoms with van der Waals surface area (Å²) in [7, 11) is 0. The highest BCUT2D eigenvalue weighted by Crippen LogP contribution is 2.15. The van der Waals surface area contributed by atoms with Gasteiger partial charge in [-0.2, -0.15) is 11.3 Å². The Morgan fingerprint density at radius 2 is 2.05 bits per heavy atom. The normalized spacial score (nSPS) is 9.95. The molecular weight excluding hydrogens is 260 g/mol. The number of benzene rings is 1. The Bertz CT molecular complexity index is 509. The molecule has 0 spiro atoms. The number of nitrogens with one attached hydrogen (secondary N) is 2. The van der Waals surface area contributed by atoms with Crippen LogP contribution >= 0.6 is 11.3 Å². The predicted molar refractivity (Wildman–Crippen MR) is 77.8 cm³/mol. The lowest BCUT2D eigenvalue weighted by atomic mass is 10.3. The number of hydrogen-bond acceptors (Lipinski definition) is 3. The fraction of sp³-hybridized carbons (Fsp3) is 0.214. The van der Waals surface area contributed by atoms with Gasteiger partial charge in [-0.05, 0) is 53.6 Å². The molecule has 0 unspecified atom stereocenters. The Morgan fingerprint density at radius 3 is 2.68 bits per heavy atom. The predicted octanol–water partition coefficient (Wildman–Crippen LogP) is 3.47. The molecule has 1 aromatic carbocycles. The summed E-state index contributed by atoms with van der Waals surface area (Å²) in [6.07, 6.45) is 0. The van der Waals surface area contributed by atoms with E-state index in [1.54, 1.807) is 11.3 Å². The summed E-state index contributed by atoms with van der Waals surface area (Å²) >= 11 is 1.62. The van der Waals surface area contributed by atoms with E-state index in [0.29, 0.717) is 13.2 Å². The molecule has 2 amide bonds. The third-order valence-corrected chi connectivity index (χ3v) is 3.19. The molecular formula is C14H16N2O2S. The highest BCUT2D eigenvalue weighted by Gasteiger charge is 2.02. The molecule has 0 saturated carbocycles. The highest BCUT2D eigenvalue weighted by atomic mass is 32.1. The average Bonchev–Trinajstić information content (AvgIpc) is 2.92. The zero-order chi connectivity index (χ0) is 13.5.